The molecule has 0 atom stereocenters. The van der Waals surface area contributed by atoms with E-state index < -0.39 is 41.9 Å². The number of carbonyl (C=O) groups is 1. The number of halogens is 8. The third-order valence-corrected chi connectivity index (χ3v) is 5.90. The normalized spacial score (nSPS) is 16.0. The minimum atomic E-state index is -6.19. The lowest BCUT2D eigenvalue weighted by molar-refractivity contribution is -0.266. The maximum Gasteiger partial charge on any atom is 0.459 e. The molecule has 34 heavy (non-hydrogen) atoms. The van der Waals surface area contributed by atoms with Crippen LogP contribution in [0.4, 0.5) is 30.7 Å². The van der Waals surface area contributed by atoms with Crippen LogP contribution < -0.4 is 11.1 Å². The van der Waals surface area contributed by atoms with E-state index in [4.69, 9.17) is 17.3 Å². The molecule has 3 N–H and O–H groups in total. The van der Waals surface area contributed by atoms with Crippen LogP contribution >= 0.6 is 22.9 Å². The van der Waals surface area contributed by atoms with Crippen LogP contribution in [0.2, 0.25) is 4.34 Å². The van der Waals surface area contributed by atoms with Crippen LogP contribution in [-0.4, -0.2) is 53.3 Å². The lowest BCUT2D eigenvalue weighted by atomic mass is 10.2. The van der Waals surface area contributed by atoms with Gasteiger partial charge in [-0.25, -0.2) is 4.68 Å². The van der Waals surface area contributed by atoms with E-state index in [1.165, 1.54) is 6.07 Å². The zero-order valence-corrected chi connectivity index (χ0v) is 18.5. The molecule has 0 saturated heterocycles. The molecule has 1 fully saturated rings. The Morgan fingerprint density at radius 3 is 2.53 bits per heavy atom. The number of nitrogens with zero attached hydrogens (tertiary/aromatic N) is 3. The molecular formula is C18H15ClF7N5O2S. The number of nitrogens with one attached hydrogen (secondary N) is 1. The number of hydrogen-bond acceptors (Lipinski definition) is 6. The number of aromatic nitrogens is 2. The van der Waals surface area contributed by atoms with Gasteiger partial charge in [0.25, 0.3) is 5.91 Å². The molecule has 1 saturated carbocycles. The van der Waals surface area contributed by atoms with Gasteiger partial charge < -0.3 is 15.8 Å². The van der Waals surface area contributed by atoms with Gasteiger partial charge in [0.2, 0.25) is 0 Å². The van der Waals surface area contributed by atoms with E-state index in [0.29, 0.717) is 9.56 Å². The van der Waals surface area contributed by atoms with Crippen molar-refractivity contribution >= 4 is 34.7 Å². The first-order valence-corrected chi connectivity index (χ1v) is 10.5. The van der Waals surface area contributed by atoms with Gasteiger partial charge in [0.05, 0.1) is 11.8 Å². The number of carbonyl (C=O) groups excluding carboxylic acids is 1. The van der Waals surface area contributed by atoms with Gasteiger partial charge in [0.15, 0.2) is 11.6 Å². The summed E-state index contributed by atoms with van der Waals surface area (Å²) in [5.41, 5.74) is 3.01. The monoisotopic (exact) mass is 533 g/mol. The third kappa shape index (κ3) is 5.29. The second kappa shape index (κ2) is 9.44. The second-order valence-electron chi connectivity index (χ2n) is 6.96. The van der Waals surface area contributed by atoms with Gasteiger partial charge in [0, 0.05) is 29.7 Å². The molecule has 0 radical (unpaired) electrons. The molecule has 16 heteroatoms. The molecule has 2 heterocycles. The van der Waals surface area contributed by atoms with Crippen molar-refractivity contribution in [3.05, 3.63) is 39.8 Å². The standard InChI is InChI=1S/C18H15ClF7N5O2S/c1-28-14(11(33-16(20)21)12(27)17(22,23)18(24,25)26)31-6-7(5-29-31)10-4-9(13(19)34-10)15(32)30-8-2-3-8/h4-6,8,16H,2-3,27H2,1H3,(H,30,32). The minimum absolute atomic E-state index is 0.0679. The summed E-state index contributed by atoms with van der Waals surface area (Å²) in [7, 11) is 0.923. The predicted molar refractivity (Wildman–Crippen MR) is 109 cm³/mol. The molecule has 7 nitrogen and oxygen atoms in total. The highest BCUT2D eigenvalue weighted by Crippen LogP contribution is 2.41. The maximum atomic E-state index is 13.8. The van der Waals surface area contributed by atoms with E-state index in [0.717, 1.165) is 43.6 Å². The molecular weight excluding hydrogens is 519 g/mol. The Balaban J connectivity index is 1.98. The lowest BCUT2D eigenvalue weighted by Gasteiger charge is -2.23. The zero-order valence-electron chi connectivity index (χ0n) is 17.0. The molecule has 0 aliphatic heterocycles. The van der Waals surface area contributed by atoms with Crippen LogP contribution in [0.1, 0.15) is 23.2 Å². The van der Waals surface area contributed by atoms with E-state index >= 15 is 0 Å². The van der Waals surface area contributed by atoms with Crippen molar-refractivity contribution < 1.29 is 40.3 Å². The molecule has 0 bridgehead atoms. The number of hydrogen-bond donors (Lipinski definition) is 2. The average Bonchev–Trinajstić information content (AvgIpc) is 3.25. The Kier molecular flexibility index (Phi) is 7.17. The van der Waals surface area contributed by atoms with Gasteiger partial charge in [0.1, 0.15) is 10.0 Å². The second-order valence-corrected chi connectivity index (χ2v) is 8.61. The van der Waals surface area contributed by atoms with Gasteiger partial charge in [-0.05, 0) is 18.9 Å². The first-order chi connectivity index (χ1) is 15.8. The highest BCUT2D eigenvalue weighted by Gasteiger charge is 2.61. The lowest BCUT2D eigenvalue weighted by Crippen LogP contribution is -2.43. The van der Waals surface area contributed by atoms with Gasteiger partial charge in [-0.2, -0.15) is 35.8 Å². The number of alkyl halides is 7. The minimum Gasteiger partial charge on any atom is -0.429 e. The Labute approximate surface area is 196 Å². The SMILES string of the molecule is CN=C(C(OC(F)F)=C(N)C(F)(F)C(F)(F)F)n1cc(-c2cc(C(=O)NC3CC3)c(Cl)s2)cn1. The molecule has 1 amide bonds. The zero-order chi connectivity index (χ0) is 25.4. The van der Waals surface area contributed by atoms with Crippen LogP contribution in [0, 0.1) is 0 Å². The largest absolute Gasteiger partial charge is 0.459 e. The van der Waals surface area contributed by atoms with Crippen molar-refractivity contribution in [2.45, 2.75) is 37.6 Å². The number of nitrogens with two attached hydrogens (primary N) is 1. The van der Waals surface area contributed by atoms with Gasteiger partial charge in [-0.3, -0.25) is 9.79 Å². The van der Waals surface area contributed by atoms with Crippen LogP contribution in [0.3, 0.4) is 0 Å². The average molecular weight is 534 g/mol. The van der Waals surface area contributed by atoms with Gasteiger partial charge >= 0.3 is 18.7 Å². The molecule has 1 aliphatic carbocycles. The van der Waals surface area contributed by atoms with E-state index in [9.17, 15) is 35.5 Å². The fourth-order valence-electron chi connectivity index (χ4n) is 2.65. The fraction of sp³-hybridized carbons (Fsp3) is 0.389. The first-order valence-electron chi connectivity index (χ1n) is 9.28. The highest BCUT2D eigenvalue weighted by molar-refractivity contribution is 7.19. The van der Waals surface area contributed by atoms with Crippen LogP contribution in [0.25, 0.3) is 10.4 Å². The van der Waals surface area contributed by atoms with Crippen molar-refractivity contribution in [2.75, 3.05) is 7.05 Å². The Morgan fingerprint density at radius 2 is 2.00 bits per heavy atom. The summed E-state index contributed by atoms with van der Waals surface area (Å²) in [6.45, 7) is -3.80. The maximum absolute atomic E-state index is 13.8. The highest BCUT2D eigenvalue weighted by atomic mass is 35.5. The van der Waals surface area contributed by atoms with Crippen molar-refractivity contribution in [2.24, 2.45) is 10.7 Å². The first kappa shape index (κ1) is 25.8. The Hall–Kier alpha value is -2.81. The van der Waals surface area contributed by atoms with Crippen LogP contribution in [0.15, 0.2) is 34.9 Å². The summed E-state index contributed by atoms with van der Waals surface area (Å²) >= 11 is 7.09. The van der Waals surface area contributed by atoms with E-state index in [1.54, 1.807) is 0 Å². The summed E-state index contributed by atoms with van der Waals surface area (Å²) in [4.78, 5) is 16.1. The van der Waals surface area contributed by atoms with Crippen molar-refractivity contribution in [1.82, 2.24) is 15.1 Å². The van der Waals surface area contributed by atoms with E-state index in [-0.39, 0.29) is 21.5 Å². The van der Waals surface area contributed by atoms with Crippen molar-refractivity contribution in [1.29, 1.82) is 0 Å². The molecule has 2 aromatic rings. The van der Waals surface area contributed by atoms with E-state index in [1.807, 2.05) is 0 Å². The number of allylic oxidation sites excluding steroid dienone is 2. The topological polar surface area (TPSA) is 94.5 Å². The van der Waals surface area contributed by atoms with Crippen molar-refractivity contribution in [3.63, 3.8) is 0 Å². The fourth-order valence-corrected chi connectivity index (χ4v) is 3.90. The molecule has 3 rings (SSSR count). The molecule has 0 unspecified atom stereocenters. The summed E-state index contributed by atoms with van der Waals surface area (Å²) in [5.74, 6) is -8.75. The number of ether oxygens (including phenoxy) is 1. The summed E-state index contributed by atoms with van der Waals surface area (Å²) in [6, 6.07) is 1.49. The summed E-state index contributed by atoms with van der Waals surface area (Å²) in [6.07, 6.45) is -2.28. The van der Waals surface area contributed by atoms with E-state index in [2.05, 4.69) is 20.1 Å². The number of thiophene rings is 1. The molecule has 0 spiro atoms. The summed E-state index contributed by atoms with van der Waals surface area (Å²) < 4.78 is 96.1. The number of rotatable bonds is 7. The van der Waals surface area contributed by atoms with Crippen molar-refractivity contribution in [3.8, 4) is 10.4 Å². The Bertz CT molecular complexity index is 1140. The molecule has 2 aromatic heterocycles. The molecule has 186 valence electrons. The quantitative estimate of drug-likeness (QED) is 0.235. The van der Waals surface area contributed by atoms with Crippen LogP contribution in [0.5, 0.6) is 0 Å². The third-order valence-electron chi connectivity index (χ3n) is 4.49. The summed E-state index contributed by atoms with van der Waals surface area (Å²) in [5, 5.41) is 6.52. The smallest absolute Gasteiger partial charge is 0.429 e. The Morgan fingerprint density at radius 1 is 1.35 bits per heavy atom. The number of aliphatic imine (C=N–C) groups is 1. The molecule has 0 aromatic carbocycles. The van der Waals surface area contributed by atoms with Gasteiger partial charge in [-0.15, -0.1) is 11.3 Å². The van der Waals surface area contributed by atoms with Crippen LogP contribution in [-0.2, 0) is 4.74 Å². The molecule has 1 aliphatic rings. The number of amides is 1. The van der Waals surface area contributed by atoms with Gasteiger partial charge in [-0.1, -0.05) is 11.6 Å². The predicted octanol–water partition coefficient (Wildman–Crippen LogP) is 4.64.